The van der Waals surface area contributed by atoms with E-state index in [9.17, 15) is 14.4 Å². The van der Waals surface area contributed by atoms with Crippen LogP contribution in [0.3, 0.4) is 0 Å². The maximum atomic E-state index is 11.6. The van der Waals surface area contributed by atoms with Crippen LogP contribution in [0.25, 0.3) is 0 Å². The third kappa shape index (κ3) is 2.08. The van der Waals surface area contributed by atoms with Crippen molar-refractivity contribution < 1.29 is 9.53 Å². The molecule has 1 aliphatic heterocycles. The Morgan fingerprint density at radius 1 is 1.53 bits per heavy atom. The lowest BCUT2D eigenvalue weighted by atomic mass is 10.0. The molecule has 0 aromatic carbocycles. The summed E-state index contributed by atoms with van der Waals surface area (Å²) in [5.74, 6) is 0.0663. The summed E-state index contributed by atoms with van der Waals surface area (Å²) in [6, 6.07) is 0. The van der Waals surface area contributed by atoms with Gasteiger partial charge >= 0.3 is 5.69 Å². The molecule has 3 atom stereocenters. The van der Waals surface area contributed by atoms with Gasteiger partial charge in [0.2, 0.25) is 0 Å². The second-order valence-corrected chi connectivity index (χ2v) is 4.38. The van der Waals surface area contributed by atoms with E-state index in [0.717, 1.165) is 6.29 Å². The van der Waals surface area contributed by atoms with Crippen molar-refractivity contribution in [1.82, 2.24) is 9.55 Å². The van der Waals surface area contributed by atoms with Gasteiger partial charge in [-0.25, -0.2) is 4.79 Å². The first-order chi connectivity index (χ1) is 8.02. The SMILES string of the molecule is Cc1cn([C@H]2C[C@H](C)[C@@H](C=O)O2)c(=O)[nH]c1=O. The quantitative estimate of drug-likeness (QED) is 0.733. The molecule has 0 bridgehead atoms. The Balaban J connectivity index is 2.37. The van der Waals surface area contributed by atoms with Gasteiger partial charge in [-0.15, -0.1) is 0 Å². The van der Waals surface area contributed by atoms with E-state index in [0.29, 0.717) is 12.0 Å². The number of aromatic nitrogens is 2. The molecule has 0 radical (unpaired) electrons. The van der Waals surface area contributed by atoms with E-state index in [4.69, 9.17) is 4.74 Å². The molecule has 0 spiro atoms. The van der Waals surface area contributed by atoms with E-state index in [1.165, 1.54) is 10.8 Å². The van der Waals surface area contributed by atoms with Crippen LogP contribution in [0.15, 0.2) is 15.8 Å². The summed E-state index contributed by atoms with van der Waals surface area (Å²) in [7, 11) is 0. The minimum absolute atomic E-state index is 0.0663. The molecule has 0 aliphatic carbocycles. The highest BCUT2D eigenvalue weighted by Crippen LogP contribution is 2.30. The first kappa shape index (κ1) is 11.8. The summed E-state index contributed by atoms with van der Waals surface area (Å²) in [5, 5.41) is 0. The number of carbonyl (C=O) groups excluding carboxylic acids is 1. The fraction of sp³-hybridized carbons (Fsp3) is 0.545. The van der Waals surface area contributed by atoms with Gasteiger partial charge in [-0.05, 0) is 19.3 Å². The standard InChI is InChI=1S/C11H14N2O4/c1-6-3-9(17-8(6)5-14)13-4-7(2)10(15)12-11(13)16/h4-6,8-9H,3H2,1-2H3,(H,12,15,16)/t6-,8+,9+/m0/s1. The Hall–Kier alpha value is -1.69. The van der Waals surface area contributed by atoms with Crippen LogP contribution in [0, 0.1) is 12.8 Å². The number of aldehydes is 1. The van der Waals surface area contributed by atoms with Gasteiger partial charge in [0, 0.05) is 11.8 Å². The Kier molecular flexibility index (Phi) is 2.97. The first-order valence-electron chi connectivity index (χ1n) is 5.45. The van der Waals surface area contributed by atoms with E-state index in [1.807, 2.05) is 6.92 Å². The molecule has 1 aliphatic rings. The number of aryl methyl sites for hydroxylation is 1. The summed E-state index contributed by atoms with van der Waals surface area (Å²) in [6.45, 7) is 3.51. The minimum Gasteiger partial charge on any atom is -0.347 e. The van der Waals surface area contributed by atoms with E-state index < -0.39 is 23.6 Å². The Morgan fingerprint density at radius 3 is 2.82 bits per heavy atom. The molecule has 17 heavy (non-hydrogen) atoms. The van der Waals surface area contributed by atoms with Crippen LogP contribution in [0.1, 0.15) is 25.1 Å². The lowest BCUT2D eigenvalue weighted by Crippen LogP contribution is -2.33. The fourth-order valence-corrected chi connectivity index (χ4v) is 1.97. The second kappa shape index (κ2) is 4.29. The highest BCUT2D eigenvalue weighted by Gasteiger charge is 2.33. The number of aromatic amines is 1. The topological polar surface area (TPSA) is 81.2 Å². The van der Waals surface area contributed by atoms with Crippen LogP contribution in [0.5, 0.6) is 0 Å². The molecule has 2 heterocycles. The molecular weight excluding hydrogens is 224 g/mol. The largest absolute Gasteiger partial charge is 0.347 e. The lowest BCUT2D eigenvalue weighted by Gasteiger charge is -2.13. The number of rotatable bonds is 2. The third-order valence-electron chi connectivity index (χ3n) is 3.04. The lowest BCUT2D eigenvalue weighted by molar-refractivity contribution is -0.120. The van der Waals surface area contributed by atoms with Crippen LogP contribution in [0.4, 0.5) is 0 Å². The molecule has 1 saturated heterocycles. The van der Waals surface area contributed by atoms with E-state index in [-0.39, 0.29) is 5.92 Å². The predicted molar refractivity (Wildman–Crippen MR) is 59.8 cm³/mol. The van der Waals surface area contributed by atoms with E-state index in [1.54, 1.807) is 6.92 Å². The van der Waals surface area contributed by atoms with Crippen molar-refractivity contribution in [2.75, 3.05) is 0 Å². The molecule has 1 aromatic heterocycles. The van der Waals surface area contributed by atoms with E-state index in [2.05, 4.69) is 4.98 Å². The molecule has 0 saturated carbocycles. The number of nitrogens with zero attached hydrogens (tertiary/aromatic N) is 1. The zero-order valence-corrected chi connectivity index (χ0v) is 9.67. The Labute approximate surface area is 97.2 Å². The molecule has 92 valence electrons. The number of hydrogen-bond acceptors (Lipinski definition) is 4. The van der Waals surface area contributed by atoms with Crippen molar-refractivity contribution in [3.8, 4) is 0 Å². The Morgan fingerprint density at radius 2 is 2.24 bits per heavy atom. The monoisotopic (exact) mass is 238 g/mol. The number of hydrogen-bond donors (Lipinski definition) is 1. The molecule has 0 amide bonds. The van der Waals surface area contributed by atoms with Crippen molar-refractivity contribution in [2.45, 2.75) is 32.6 Å². The maximum absolute atomic E-state index is 11.6. The average molecular weight is 238 g/mol. The molecule has 1 fully saturated rings. The average Bonchev–Trinajstić information content (AvgIpc) is 2.65. The van der Waals surface area contributed by atoms with Crippen LogP contribution < -0.4 is 11.2 Å². The molecule has 6 heteroatoms. The highest BCUT2D eigenvalue weighted by atomic mass is 16.5. The van der Waals surface area contributed by atoms with Crippen LogP contribution in [-0.2, 0) is 9.53 Å². The van der Waals surface area contributed by atoms with Crippen molar-refractivity contribution in [3.05, 3.63) is 32.6 Å². The summed E-state index contributed by atoms with van der Waals surface area (Å²) in [6.07, 6.45) is 1.82. The van der Waals surface area contributed by atoms with Crippen molar-refractivity contribution in [3.63, 3.8) is 0 Å². The van der Waals surface area contributed by atoms with Gasteiger partial charge in [-0.1, -0.05) is 6.92 Å². The smallest absolute Gasteiger partial charge is 0.330 e. The number of ether oxygens (including phenoxy) is 1. The van der Waals surface area contributed by atoms with Gasteiger partial charge in [0.05, 0.1) is 0 Å². The number of nitrogens with one attached hydrogen (secondary N) is 1. The molecule has 0 unspecified atom stereocenters. The van der Waals surface area contributed by atoms with Crippen LogP contribution >= 0.6 is 0 Å². The number of carbonyl (C=O) groups is 1. The van der Waals surface area contributed by atoms with Crippen LogP contribution in [-0.4, -0.2) is 21.9 Å². The molecule has 2 rings (SSSR count). The normalized spacial score (nSPS) is 28.2. The van der Waals surface area contributed by atoms with Gasteiger partial charge in [-0.2, -0.15) is 0 Å². The van der Waals surface area contributed by atoms with Crippen molar-refractivity contribution >= 4 is 6.29 Å². The Bertz CT molecular complexity index is 545. The van der Waals surface area contributed by atoms with Gasteiger partial charge in [0.15, 0.2) is 0 Å². The van der Waals surface area contributed by atoms with Gasteiger partial charge in [0.25, 0.3) is 5.56 Å². The van der Waals surface area contributed by atoms with Crippen molar-refractivity contribution in [2.24, 2.45) is 5.92 Å². The number of H-pyrrole nitrogens is 1. The summed E-state index contributed by atoms with van der Waals surface area (Å²) in [5.41, 5.74) is -0.469. The molecule has 1 aromatic rings. The summed E-state index contributed by atoms with van der Waals surface area (Å²) >= 11 is 0. The molecular formula is C11H14N2O4. The third-order valence-corrected chi connectivity index (χ3v) is 3.04. The summed E-state index contributed by atoms with van der Waals surface area (Å²) < 4.78 is 6.79. The minimum atomic E-state index is -0.510. The molecule has 1 N–H and O–H groups in total. The zero-order valence-electron chi connectivity index (χ0n) is 9.67. The fourth-order valence-electron chi connectivity index (χ4n) is 1.97. The highest BCUT2D eigenvalue weighted by molar-refractivity contribution is 5.57. The maximum Gasteiger partial charge on any atom is 0.330 e. The first-order valence-corrected chi connectivity index (χ1v) is 5.45. The van der Waals surface area contributed by atoms with E-state index >= 15 is 0 Å². The zero-order chi connectivity index (χ0) is 12.6. The van der Waals surface area contributed by atoms with Gasteiger partial charge < -0.3 is 9.53 Å². The molecule has 6 nitrogen and oxygen atoms in total. The predicted octanol–water partition coefficient (Wildman–Crippen LogP) is -0.0325. The summed E-state index contributed by atoms with van der Waals surface area (Å²) in [4.78, 5) is 35.8. The van der Waals surface area contributed by atoms with Gasteiger partial charge in [0.1, 0.15) is 18.6 Å². The van der Waals surface area contributed by atoms with Gasteiger partial charge in [-0.3, -0.25) is 14.3 Å². The van der Waals surface area contributed by atoms with Crippen molar-refractivity contribution in [1.29, 1.82) is 0 Å². The van der Waals surface area contributed by atoms with Crippen LogP contribution in [0.2, 0.25) is 0 Å². The second-order valence-electron chi connectivity index (χ2n) is 4.38.